The average molecular weight is 247 g/mol. The zero-order valence-electron chi connectivity index (χ0n) is 10.8. The quantitative estimate of drug-likeness (QED) is 0.888. The molecule has 4 nitrogen and oxygen atoms in total. The topological polar surface area (TPSA) is 49.2 Å². The third-order valence-corrected chi connectivity index (χ3v) is 4.33. The van der Waals surface area contributed by atoms with Gasteiger partial charge in [0.25, 0.3) is 0 Å². The minimum Gasteiger partial charge on any atom is -0.394 e. The lowest BCUT2D eigenvalue weighted by Gasteiger charge is -2.23. The lowest BCUT2D eigenvalue weighted by atomic mass is 10.0. The summed E-state index contributed by atoms with van der Waals surface area (Å²) in [5.74, 6) is 1.55. The number of aliphatic hydroxyl groups excluding tert-OH is 1. The minimum absolute atomic E-state index is 0.214. The molecular weight excluding hydrogens is 226 g/mol. The molecule has 2 fully saturated rings. The lowest BCUT2D eigenvalue weighted by molar-refractivity contribution is 0.266. The Hall–Kier alpha value is -1.16. The van der Waals surface area contributed by atoms with Crippen molar-refractivity contribution >= 4 is 5.82 Å². The van der Waals surface area contributed by atoms with Gasteiger partial charge in [0.2, 0.25) is 0 Å². The molecule has 18 heavy (non-hydrogen) atoms. The Labute approximate surface area is 108 Å². The van der Waals surface area contributed by atoms with Crippen LogP contribution in [0.25, 0.3) is 0 Å². The van der Waals surface area contributed by atoms with E-state index in [0.717, 1.165) is 30.9 Å². The summed E-state index contributed by atoms with van der Waals surface area (Å²) in [4.78, 5) is 2.19. The van der Waals surface area contributed by atoms with Crippen LogP contribution in [0.15, 0.2) is 12.1 Å². The molecule has 0 bridgehead atoms. The van der Waals surface area contributed by atoms with Crippen LogP contribution in [0.3, 0.4) is 0 Å². The number of hydrogen-bond acceptors (Lipinski definition) is 4. The Kier molecular flexibility index (Phi) is 3.46. The largest absolute Gasteiger partial charge is 0.394 e. The van der Waals surface area contributed by atoms with Gasteiger partial charge in [-0.05, 0) is 37.8 Å². The third-order valence-electron chi connectivity index (χ3n) is 4.33. The number of anilines is 1. The molecule has 0 amide bonds. The van der Waals surface area contributed by atoms with Crippen molar-refractivity contribution in [2.75, 3.05) is 18.1 Å². The first-order chi connectivity index (χ1) is 8.88. The molecule has 0 spiro atoms. The highest BCUT2D eigenvalue weighted by atomic mass is 16.3. The number of hydrogen-bond donors (Lipinski definition) is 1. The first-order valence-corrected chi connectivity index (χ1v) is 7.09. The van der Waals surface area contributed by atoms with Gasteiger partial charge in [0.1, 0.15) is 0 Å². The normalized spacial score (nSPS) is 24.9. The van der Waals surface area contributed by atoms with Crippen molar-refractivity contribution in [3.05, 3.63) is 17.8 Å². The molecule has 3 rings (SSSR count). The average Bonchev–Trinajstić information content (AvgIpc) is 3.10. The van der Waals surface area contributed by atoms with Crippen molar-refractivity contribution in [3.63, 3.8) is 0 Å². The monoisotopic (exact) mass is 247 g/mol. The highest BCUT2D eigenvalue weighted by molar-refractivity contribution is 5.40. The Balaban J connectivity index is 1.74. The maximum absolute atomic E-state index is 9.34. The van der Waals surface area contributed by atoms with E-state index in [9.17, 15) is 5.11 Å². The molecule has 0 aromatic carbocycles. The number of rotatable bonds is 3. The van der Waals surface area contributed by atoms with E-state index in [0.29, 0.717) is 5.92 Å². The van der Waals surface area contributed by atoms with Crippen molar-refractivity contribution in [2.45, 2.75) is 50.5 Å². The Morgan fingerprint density at radius 1 is 1.11 bits per heavy atom. The summed E-state index contributed by atoms with van der Waals surface area (Å²) in [7, 11) is 0. The predicted molar refractivity (Wildman–Crippen MR) is 70.7 cm³/mol. The van der Waals surface area contributed by atoms with Crippen LogP contribution in [-0.4, -0.2) is 34.5 Å². The van der Waals surface area contributed by atoms with E-state index in [-0.39, 0.29) is 12.6 Å². The van der Waals surface area contributed by atoms with Crippen LogP contribution in [0.4, 0.5) is 5.82 Å². The smallest absolute Gasteiger partial charge is 0.151 e. The van der Waals surface area contributed by atoms with Gasteiger partial charge in [-0.3, -0.25) is 0 Å². The van der Waals surface area contributed by atoms with Gasteiger partial charge in [0, 0.05) is 12.5 Å². The standard InChI is InChI=1S/C14H21N3O/c18-10-12-6-3-9-17(12)14-8-7-13(15-16-14)11-4-1-2-5-11/h7-8,11-12,18H,1-6,9-10H2. The molecule has 1 saturated carbocycles. The molecule has 1 unspecified atom stereocenters. The van der Waals surface area contributed by atoms with E-state index in [1.54, 1.807) is 0 Å². The van der Waals surface area contributed by atoms with Crippen molar-refractivity contribution in [1.82, 2.24) is 10.2 Å². The summed E-state index contributed by atoms with van der Waals surface area (Å²) >= 11 is 0. The molecule has 2 aliphatic rings. The minimum atomic E-state index is 0.214. The summed E-state index contributed by atoms with van der Waals surface area (Å²) in [6.45, 7) is 1.20. The van der Waals surface area contributed by atoms with E-state index >= 15 is 0 Å². The van der Waals surface area contributed by atoms with Gasteiger partial charge in [-0.1, -0.05) is 12.8 Å². The first-order valence-electron chi connectivity index (χ1n) is 7.09. The lowest BCUT2D eigenvalue weighted by Crippen LogP contribution is -2.32. The molecule has 98 valence electrons. The molecule has 1 aromatic heterocycles. The SMILES string of the molecule is OCC1CCCN1c1ccc(C2CCCC2)nn1. The molecule has 1 aliphatic heterocycles. The summed E-state index contributed by atoms with van der Waals surface area (Å²) < 4.78 is 0. The van der Waals surface area contributed by atoms with Crippen LogP contribution in [0.2, 0.25) is 0 Å². The fourth-order valence-electron chi connectivity index (χ4n) is 3.26. The zero-order valence-corrected chi connectivity index (χ0v) is 10.8. The van der Waals surface area contributed by atoms with E-state index in [2.05, 4.69) is 27.2 Å². The molecule has 1 N–H and O–H groups in total. The Bertz CT molecular complexity index is 387. The molecule has 1 saturated heterocycles. The van der Waals surface area contributed by atoms with E-state index in [1.807, 2.05) is 0 Å². The zero-order chi connectivity index (χ0) is 12.4. The van der Waals surface area contributed by atoms with Crippen molar-refractivity contribution in [1.29, 1.82) is 0 Å². The number of aliphatic hydroxyl groups is 1. The second-order valence-electron chi connectivity index (χ2n) is 5.47. The van der Waals surface area contributed by atoms with E-state index < -0.39 is 0 Å². The van der Waals surface area contributed by atoms with Gasteiger partial charge in [0.15, 0.2) is 5.82 Å². The Morgan fingerprint density at radius 3 is 2.61 bits per heavy atom. The summed E-state index contributed by atoms with van der Waals surface area (Å²) in [6, 6.07) is 4.44. The van der Waals surface area contributed by atoms with Crippen molar-refractivity contribution in [2.24, 2.45) is 0 Å². The van der Waals surface area contributed by atoms with Crippen molar-refractivity contribution < 1.29 is 5.11 Å². The van der Waals surface area contributed by atoms with Crippen LogP contribution < -0.4 is 4.90 Å². The molecule has 0 radical (unpaired) electrons. The first kappa shape index (κ1) is 11.9. The number of aromatic nitrogens is 2. The summed E-state index contributed by atoms with van der Waals surface area (Å²) in [5, 5.41) is 18.1. The van der Waals surface area contributed by atoms with Gasteiger partial charge < -0.3 is 10.0 Å². The maximum atomic E-state index is 9.34. The van der Waals surface area contributed by atoms with E-state index in [1.165, 1.54) is 25.7 Å². The molecular formula is C14H21N3O. The maximum Gasteiger partial charge on any atom is 0.151 e. The highest BCUT2D eigenvalue weighted by Crippen LogP contribution is 2.33. The fourth-order valence-corrected chi connectivity index (χ4v) is 3.26. The van der Waals surface area contributed by atoms with Crippen LogP contribution in [-0.2, 0) is 0 Å². The van der Waals surface area contributed by atoms with Gasteiger partial charge in [0.05, 0.1) is 18.3 Å². The van der Waals surface area contributed by atoms with Gasteiger partial charge in [-0.2, -0.15) is 5.10 Å². The van der Waals surface area contributed by atoms with Crippen LogP contribution in [0.5, 0.6) is 0 Å². The molecule has 4 heteroatoms. The van der Waals surface area contributed by atoms with Crippen LogP contribution in [0, 0.1) is 0 Å². The van der Waals surface area contributed by atoms with Crippen molar-refractivity contribution in [3.8, 4) is 0 Å². The van der Waals surface area contributed by atoms with Gasteiger partial charge in [-0.15, -0.1) is 5.10 Å². The highest BCUT2D eigenvalue weighted by Gasteiger charge is 2.25. The third kappa shape index (κ3) is 2.21. The molecule has 1 aliphatic carbocycles. The number of nitrogens with zero attached hydrogens (tertiary/aromatic N) is 3. The van der Waals surface area contributed by atoms with Gasteiger partial charge >= 0.3 is 0 Å². The second kappa shape index (κ2) is 5.22. The summed E-state index contributed by atoms with van der Waals surface area (Å²) in [6.07, 6.45) is 7.37. The van der Waals surface area contributed by atoms with Gasteiger partial charge in [-0.25, -0.2) is 0 Å². The molecule has 1 atom stereocenters. The van der Waals surface area contributed by atoms with Crippen LogP contribution >= 0.6 is 0 Å². The summed E-state index contributed by atoms with van der Waals surface area (Å²) in [5.41, 5.74) is 1.15. The molecule has 2 heterocycles. The predicted octanol–water partition coefficient (Wildman–Crippen LogP) is 2.10. The molecule has 1 aromatic rings. The Morgan fingerprint density at radius 2 is 1.94 bits per heavy atom. The fraction of sp³-hybridized carbons (Fsp3) is 0.714. The van der Waals surface area contributed by atoms with Crippen LogP contribution in [0.1, 0.15) is 50.1 Å². The van der Waals surface area contributed by atoms with E-state index in [4.69, 9.17) is 0 Å². The second-order valence-corrected chi connectivity index (χ2v) is 5.47.